The van der Waals surface area contributed by atoms with Crippen LogP contribution in [0, 0.1) is 0 Å². The Kier molecular flexibility index (Phi) is 8.32. The summed E-state index contributed by atoms with van der Waals surface area (Å²) in [7, 11) is 1.57. The van der Waals surface area contributed by atoms with E-state index in [1.807, 2.05) is 36.4 Å². The number of imide groups is 1. The standard InChI is InChI=1S/C31H27N3O5S/c1-38-24-15-13-22(14-16-24)33-28-29(31(37)34(30(28)36)20-25-10-6-18-39-25)40-26-11-5-9-23(19-26)32-27(35)17-12-21-7-3-2-4-8-21/h2-11,13-16,18-19,33H,12,17,20H2,1H3,(H,32,35). The molecule has 1 aromatic heterocycles. The van der Waals surface area contributed by atoms with Crippen molar-refractivity contribution in [2.75, 3.05) is 17.7 Å². The second kappa shape index (κ2) is 12.4. The lowest BCUT2D eigenvalue weighted by Gasteiger charge is -2.13. The molecule has 0 radical (unpaired) electrons. The number of nitrogens with zero attached hydrogens (tertiary/aromatic N) is 1. The van der Waals surface area contributed by atoms with Crippen molar-refractivity contribution in [3.8, 4) is 5.75 Å². The maximum Gasteiger partial charge on any atom is 0.278 e. The summed E-state index contributed by atoms with van der Waals surface area (Å²) in [6.07, 6.45) is 2.48. The van der Waals surface area contributed by atoms with Crippen molar-refractivity contribution < 1.29 is 23.5 Å². The van der Waals surface area contributed by atoms with Crippen LogP contribution in [0.3, 0.4) is 0 Å². The molecule has 0 aliphatic carbocycles. The van der Waals surface area contributed by atoms with Gasteiger partial charge in [-0.05, 0) is 66.6 Å². The molecule has 3 amide bonds. The van der Waals surface area contributed by atoms with Crippen LogP contribution in [0.25, 0.3) is 0 Å². The number of benzene rings is 3. The third kappa shape index (κ3) is 6.44. The Balaban J connectivity index is 1.34. The van der Waals surface area contributed by atoms with Gasteiger partial charge in [0.25, 0.3) is 11.8 Å². The van der Waals surface area contributed by atoms with E-state index in [1.54, 1.807) is 61.7 Å². The van der Waals surface area contributed by atoms with Gasteiger partial charge >= 0.3 is 0 Å². The molecule has 0 fully saturated rings. The second-order valence-corrected chi connectivity index (χ2v) is 10.1. The Morgan fingerprint density at radius 1 is 0.900 bits per heavy atom. The fourth-order valence-corrected chi connectivity index (χ4v) is 5.17. The number of hydrogen-bond donors (Lipinski definition) is 2. The molecule has 40 heavy (non-hydrogen) atoms. The molecule has 9 heteroatoms. The Hall–Kier alpha value is -4.76. The Morgan fingerprint density at radius 2 is 1.70 bits per heavy atom. The van der Waals surface area contributed by atoms with E-state index in [9.17, 15) is 14.4 Å². The number of amides is 3. The lowest BCUT2D eigenvalue weighted by Crippen LogP contribution is -2.31. The van der Waals surface area contributed by atoms with Crippen LogP contribution >= 0.6 is 11.8 Å². The van der Waals surface area contributed by atoms with E-state index in [0.29, 0.717) is 40.6 Å². The smallest absolute Gasteiger partial charge is 0.278 e. The number of anilines is 2. The molecule has 2 heterocycles. The van der Waals surface area contributed by atoms with Crippen molar-refractivity contribution in [3.63, 3.8) is 0 Å². The zero-order valence-corrected chi connectivity index (χ0v) is 22.6. The minimum atomic E-state index is -0.454. The highest BCUT2D eigenvalue weighted by atomic mass is 32.2. The number of carbonyl (C=O) groups excluding carboxylic acids is 3. The zero-order chi connectivity index (χ0) is 27.9. The molecular formula is C31H27N3O5S. The third-order valence-electron chi connectivity index (χ3n) is 6.20. The number of nitrogens with one attached hydrogen (secondary N) is 2. The second-order valence-electron chi connectivity index (χ2n) is 9.00. The number of ether oxygens (including phenoxy) is 1. The van der Waals surface area contributed by atoms with Crippen LogP contribution in [0.15, 0.2) is 117 Å². The van der Waals surface area contributed by atoms with Crippen molar-refractivity contribution in [1.82, 2.24) is 4.90 Å². The largest absolute Gasteiger partial charge is 0.497 e. The summed E-state index contributed by atoms with van der Waals surface area (Å²) in [5, 5.41) is 6.05. The van der Waals surface area contributed by atoms with Gasteiger partial charge in [-0.3, -0.25) is 19.3 Å². The summed E-state index contributed by atoms with van der Waals surface area (Å²) < 4.78 is 10.6. The van der Waals surface area contributed by atoms with Gasteiger partial charge in [-0.25, -0.2) is 0 Å². The SMILES string of the molecule is COc1ccc(NC2=C(Sc3cccc(NC(=O)CCc4ccccc4)c3)C(=O)N(Cc3ccco3)C2=O)cc1. The van der Waals surface area contributed by atoms with Crippen molar-refractivity contribution in [2.45, 2.75) is 24.3 Å². The molecule has 4 aromatic rings. The fraction of sp³-hybridized carbons (Fsp3) is 0.129. The molecule has 0 unspecified atom stereocenters. The van der Waals surface area contributed by atoms with Crippen LogP contribution in [-0.2, 0) is 27.3 Å². The molecule has 5 rings (SSSR count). The first-order valence-corrected chi connectivity index (χ1v) is 13.5. The number of aryl methyl sites for hydroxylation is 1. The monoisotopic (exact) mass is 553 g/mol. The third-order valence-corrected chi connectivity index (χ3v) is 7.27. The maximum absolute atomic E-state index is 13.5. The van der Waals surface area contributed by atoms with Gasteiger partial charge in [0.1, 0.15) is 22.1 Å². The molecule has 8 nitrogen and oxygen atoms in total. The van der Waals surface area contributed by atoms with Crippen molar-refractivity contribution >= 4 is 40.9 Å². The molecular weight excluding hydrogens is 526 g/mol. The lowest BCUT2D eigenvalue weighted by atomic mass is 10.1. The van der Waals surface area contributed by atoms with Gasteiger partial charge in [-0.1, -0.05) is 48.2 Å². The summed E-state index contributed by atoms with van der Waals surface area (Å²) in [5.74, 6) is 0.176. The van der Waals surface area contributed by atoms with Gasteiger partial charge in [0.2, 0.25) is 5.91 Å². The molecule has 0 saturated carbocycles. The number of hydrogen-bond acceptors (Lipinski definition) is 7. The number of methoxy groups -OCH3 is 1. The van der Waals surface area contributed by atoms with Crippen LogP contribution in [0.2, 0.25) is 0 Å². The summed E-state index contributed by atoms with van der Waals surface area (Å²) in [6.45, 7) is 0.0139. The molecule has 0 saturated heterocycles. The molecule has 202 valence electrons. The Bertz CT molecular complexity index is 1530. The van der Waals surface area contributed by atoms with Gasteiger partial charge < -0.3 is 19.8 Å². The number of carbonyl (C=O) groups is 3. The van der Waals surface area contributed by atoms with Crippen molar-refractivity contribution in [3.05, 3.63) is 119 Å². The first-order chi connectivity index (χ1) is 19.5. The van der Waals surface area contributed by atoms with Gasteiger partial charge in [0, 0.05) is 22.7 Å². The summed E-state index contributed by atoms with van der Waals surface area (Å²) in [4.78, 5) is 41.6. The Morgan fingerprint density at radius 3 is 2.42 bits per heavy atom. The van der Waals surface area contributed by atoms with E-state index >= 15 is 0 Å². The highest BCUT2D eigenvalue weighted by Gasteiger charge is 2.39. The first kappa shape index (κ1) is 26.8. The van der Waals surface area contributed by atoms with Crippen molar-refractivity contribution in [2.24, 2.45) is 0 Å². The maximum atomic E-state index is 13.5. The predicted octanol–water partition coefficient (Wildman–Crippen LogP) is 5.84. The van der Waals surface area contributed by atoms with Gasteiger partial charge in [0.15, 0.2) is 0 Å². The summed E-state index contributed by atoms with van der Waals surface area (Å²) in [6, 6.07) is 27.5. The molecule has 2 N–H and O–H groups in total. The summed E-state index contributed by atoms with van der Waals surface area (Å²) >= 11 is 1.16. The molecule has 1 aliphatic heterocycles. The highest BCUT2D eigenvalue weighted by Crippen LogP contribution is 2.37. The molecule has 1 aliphatic rings. The van der Waals surface area contributed by atoms with Crippen LogP contribution in [0.5, 0.6) is 5.75 Å². The van der Waals surface area contributed by atoms with E-state index < -0.39 is 11.8 Å². The van der Waals surface area contributed by atoms with E-state index in [1.165, 1.54) is 6.26 Å². The molecule has 0 atom stereocenters. The van der Waals surface area contributed by atoms with E-state index in [0.717, 1.165) is 22.2 Å². The summed E-state index contributed by atoms with van der Waals surface area (Å²) in [5.41, 5.74) is 2.50. The highest BCUT2D eigenvalue weighted by molar-refractivity contribution is 8.04. The van der Waals surface area contributed by atoms with Gasteiger partial charge in [0.05, 0.1) is 19.9 Å². The quantitative estimate of drug-likeness (QED) is 0.225. The topological polar surface area (TPSA) is 101 Å². The van der Waals surface area contributed by atoms with Gasteiger partial charge in [-0.2, -0.15) is 0 Å². The minimum Gasteiger partial charge on any atom is -0.497 e. The van der Waals surface area contributed by atoms with Crippen LogP contribution in [0.1, 0.15) is 17.7 Å². The van der Waals surface area contributed by atoms with E-state index in [4.69, 9.17) is 9.15 Å². The average Bonchev–Trinajstić information content (AvgIpc) is 3.57. The normalized spacial score (nSPS) is 13.1. The molecule has 0 spiro atoms. The van der Waals surface area contributed by atoms with Crippen LogP contribution < -0.4 is 15.4 Å². The Labute approximate surface area is 236 Å². The fourth-order valence-electron chi connectivity index (χ4n) is 4.16. The van der Waals surface area contributed by atoms with E-state index in [2.05, 4.69) is 10.6 Å². The number of thioether (sulfide) groups is 1. The molecule has 0 bridgehead atoms. The van der Waals surface area contributed by atoms with E-state index in [-0.39, 0.29) is 23.1 Å². The lowest BCUT2D eigenvalue weighted by molar-refractivity contribution is -0.138. The predicted molar refractivity (Wildman–Crippen MR) is 154 cm³/mol. The number of rotatable bonds is 11. The number of furan rings is 1. The van der Waals surface area contributed by atoms with Crippen LogP contribution in [-0.4, -0.2) is 29.7 Å². The first-order valence-electron chi connectivity index (χ1n) is 12.7. The zero-order valence-electron chi connectivity index (χ0n) is 21.8. The van der Waals surface area contributed by atoms with Gasteiger partial charge in [-0.15, -0.1) is 0 Å². The van der Waals surface area contributed by atoms with Crippen LogP contribution in [0.4, 0.5) is 11.4 Å². The minimum absolute atomic E-state index is 0.0139. The molecule has 3 aromatic carbocycles. The average molecular weight is 554 g/mol. The van der Waals surface area contributed by atoms with Crippen molar-refractivity contribution in [1.29, 1.82) is 0 Å².